The summed E-state index contributed by atoms with van der Waals surface area (Å²) >= 11 is 0. The third-order valence-corrected chi connectivity index (χ3v) is 2.64. The van der Waals surface area contributed by atoms with Crippen LogP contribution in [0.5, 0.6) is 5.75 Å². The first-order valence-corrected chi connectivity index (χ1v) is 6.33. The van der Waals surface area contributed by atoms with Crippen molar-refractivity contribution in [1.29, 1.82) is 0 Å². The maximum Gasteiger partial charge on any atom is 0.166 e. The molecule has 0 aromatic heterocycles. The van der Waals surface area contributed by atoms with E-state index >= 15 is 0 Å². The van der Waals surface area contributed by atoms with Gasteiger partial charge in [0.05, 0.1) is 11.7 Å². The number of Topliss-reactive ketones (excluding diaryl/α,β-unsaturated/α-hetero) is 1. The minimum absolute atomic E-state index is 0.136. The molecular weight excluding hydrogens is 212 g/mol. The summed E-state index contributed by atoms with van der Waals surface area (Å²) in [7, 11) is 0. The van der Waals surface area contributed by atoms with Gasteiger partial charge in [-0.1, -0.05) is 32.9 Å². The number of carbonyl (C=O) groups is 1. The number of carbonyl (C=O) groups excluding carboxylic acids is 1. The normalized spacial score (nSPS) is 12.5. The first kappa shape index (κ1) is 13.8. The van der Waals surface area contributed by atoms with E-state index in [1.165, 1.54) is 0 Å². The number of para-hydroxylation sites is 1. The number of ketones is 1. The fraction of sp³-hybridized carbons (Fsp3) is 0.533. The summed E-state index contributed by atoms with van der Waals surface area (Å²) in [4.78, 5) is 11.8. The average Bonchev–Trinajstić information content (AvgIpc) is 2.27. The van der Waals surface area contributed by atoms with E-state index in [4.69, 9.17) is 4.74 Å². The summed E-state index contributed by atoms with van der Waals surface area (Å²) in [6.45, 7) is 8.26. The molecule has 1 aromatic carbocycles. The second-order valence-corrected chi connectivity index (χ2v) is 4.83. The Morgan fingerprint density at radius 3 is 2.47 bits per heavy atom. The summed E-state index contributed by atoms with van der Waals surface area (Å²) < 4.78 is 5.86. The number of ether oxygens (including phenoxy) is 1. The highest BCUT2D eigenvalue weighted by Crippen LogP contribution is 2.22. The molecule has 0 aliphatic heterocycles. The van der Waals surface area contributed by atoms with Crippen LogP contribution in [0, 0.1) is 5.92 Å². The van der Waals surface area contributed by atoms with Crippen LogP contribution < -0.4 is 4.74 Å². The largest absolute Gasteiger partial charge is 0.490 e. The summed E-state index contributed by atoms with van der Waals surface area (Å²) in [5.74, 6) is 1.45. The Morgan fingerprint density at radius 2 is 1.88 bits per heavy atom. The number of hydrogen-bond acceptors (Lipinski definition) is 2. The van der Waals surface area contributed by atoms with Gasteiger partial charge in [-0.25, -0.2) is 0 Å². The number of hydrogen-bond donors (Lipinski definition) is 0. The highest BCUT2D eigenvalue weighted by atomic mass is 16.5. The zero-order valence-corrected chi connectivity index (χ0v) is 11.2. The van der Waals surface area contributed by atoms with Gasteiger partial charge >= 0.3 is 0 Å². The Balaban J connectivity index is 2.80. The predicted molar refractivity (Wildman–Crippen MR) is 70.6 cm³/mol. The molecule has 0 saturated carbocycles. The SMILES string of the molecule is CCC(=O)c1ccccc1OC(C)CC(C)C. The lowest BCUT2D eigenvalue weighted by molar-refractivity contribution is 0.0980. The molecule has 0 aliphatic rings. The van der Waals surface area contributed by atoms with Crippen LogP contribution in [0.1, 0.15) is 50.9 Å². The van der Waals surface area contributed by atoms with Crippen molar-refractivity contribution in [1.82, 2.24) is 0 Å². The first-order chi connectivity index (χ1) is 8.04. The molecule has 1 aromatic rings. The zero-order chi connectivity index (χ0) is 12.8. The van der Waals surface area contributed by atoms with Crippen molar-refractivity contribution in [3.05, 3.63) is 29.8 Å². The molecule has 1 atom stereocenters. The molecule has 0 radical (unpaired) electrons. The molecule has 94 valence electrons. The smallest absolute Gasteiger partial charge is 0.166 e. The van der Waals surface area contributed by atoms with Crippen LogP contribution in [0.25, 0.3) is 0 Å². The first-order valence-electron chi connectivity index (χ1n) is 6.33. The minimum Gasteiger partial charge on any atom is -0.490 e. The van der Waals surface area contributed by atoms with Crippen LogP contribution in [0.4, 0.5) is 0 Å². The monoisotopic (exact) mass is 234 g/mol. The molecule has 1 unspecified atom stereocenters. The van der Waals surface area contributed by atoms with Gasteiger partial charge in [-0.3, -0.25) is 4.79 Å². The molecule has 17 heavy (non-hydrogen) atoms. The van der Waals surface area contributed by atoms with Crippen LogP contribution in [0.2, 0.25) is 0 Å². The van der Waals surface area contributed by atoms with Gasteiger partial charge in [0, 0.05) is 6.42 Å². The Kier molecular flexibility index (Phi) is 5.20. The predicted octanol–water partition coefficient (Wildman–Crippen LogP) is 4.09. The number of benzene rings is 1. The van der Waals surface area contributed by atoms with Gasteiger partial charge in [-0.15, -0.1) is 0 Å². The van der Waals surface area contributed by atoms with Gasteiger partial charge in [0.15, 0.2) is 5.78 Å². The molecule has 0 heterocycles. The van der Waals surface area contributed by atoms with E-state index in [9.17, 15) is 4.79 Å². The van der Waals surface area contributed by atoms with Crippen LogP contribution >= 0.6 is 0 Å². The Labute approximate surface area is 104 Å². The lowest BCUT2D eigenvalue weighted by Crippen LogP contribution is -2.16. The van der Waals surface area contributed by atoms with E-state index in [1.54, 1.807) is 0 Å². The van der Waals surface area contributed by atoms with Gasteiger partial charge in [-0.05, 0) is 31.4 Å². The highest BCUT2D eigenvalue weighted by Gasteiger charge is 2.13. The third kappa shape index (κ3) is 4.22. The number of rotatable bonds is 6. The van der Waals surface area contributed by atoms with Gasteiger partial charge in [-0.2, -0.15) is 0 Å². The van der Waals surface area contributed by atoms with Gasteiger partial charge in [0.1, 0.15) is 5.75 Å². The molecule has 0 fully saturated rings. The van der Waals surface area contributed by atoms with Crippen molar-refractivity contribution in [2.75, 3.05) is 0 Å². The molecule has 2 heteroatoms. The standard InChI is InChI=1S/C15H22O2/c1-5-14(16)13-8-6-7-9-15(13)17-12(4)10-11(2)3/h6-9,11-12H,5,10H2,1-4H3. The van der Waals surface area contributed by atoms with Gasteiger partial charge < -0.3 is 4.74 Å². The topological polar surface area (TPSA) is 26.3 Å². The van der Waals surface area contributed by atoms with Gasteiger partial charge in [0.2, 0.25) is 0 Å². The molecule has 1 rings (SSSR count). The summed E-state index contributed by atoms with van der Waals surface area (Å²) in [6.07, 6.45) is 1.65. The van der Waals surface area contributed by atoms with Crippen molar-refractivity contribution >= 4 is 5.78 Å². The lowest BCUT2D eigenvalue weighted by atomic mass is 10.1. The Morgan fingerprint density at radius 1 is 1.24 bits per heavy atom. The quantitative estimate of drug-likeness (QED) is 0.693. The van der Waals surface area contributed by atoms with E-state index in [2.05, 4.69) is 13.8 Å². The van der Waals surface area contributed by atoms with Crippen molar-refractivity contribution in [2.24, 2.45) is 5.92 Å². The van der Waals surface area contributed by atoms with E-state index in [-0.39, 0.29) is 11.9 Å². The second-order valence-electron chi connectivity index (χ2n) is 4.83. The lowest BCUT2D eigenvalue weighted by Gasteiger charge is -2.18. The maximum absolute atomic E-state index is 11.8. The third-order valence-electron chi connectivity index (χ3n) is 2.64. The summed E-state index contributed by atoms with van der Waals surface area (Å²) in [6, 6.07) is 7.50. The van der Waals surface area contributed by atoms with E-state index < -0.39 is 0 Å². The van der Waals surface area contributed by atoms with Crippen LogP contribution in [-0.4, -0.2) is 11.9 Å². The van der Waals surface area contributed by atoms with E-state index in [1.807, 2.05) is 38.1 Å². The van der Waals surface area contributed by atoms with Crippen molar-refractivity contribution in [3.63, 3.8) is 0 Å². The molecule has 0 spiro atoms. The fourth-order valence-corrected chi connectivity index (χ4v) is 1.92. The molecule has 2 nitrogen and oxygen atoms in total. The Bertz CT molecular complexity index is 369. The van der Waals surface area contributed by atoms with Crippen molar-refractivity contribution in [3.8, 4) is 5.75 Å². The van der Waals surface area contributed by atoms with E-state index in [0.29, 0.717) is 23.7 Å². The highest BCUT2D eigenvalue weighted by molar-refractivity contribution is 5.98. The molecule has 0 aliphatic carbocycles. The molecule has 0 saturated heterocycles. The molecular formula is C15H22O2. The summed E-state index contributed by atoms with van der Waals surface area (Å²) in [5.41, 5.74) is 0.700. The zero-order valence-electron chi connectivity index (χ0n) is 11.2. The Hall–Kier alpha value is -1.31. The minimum atomic E-state index is 0.136. The van der Waals surface area contributed by atoms with Crippen molar-refractivity contribution in [2.45, 2.75) is 46.6 Å². The molecule has 0 N–H and O–H groups in total. The van der Waals surface area contributed by atoms with Gasteiger partial charge in [0.25, 0.3) is 0 Å². The van der Waals surface area contributed by atoms with Crippen LogP contribution in [0.3, 0.4) is 0 Å². The average molecular weight is 234 g/mol. The second kappa shape index (κ2) is 6.43. The summed E-state index contributed by atoms with van der Waals surface area (Å²) in [5, 5.41) is 0. The van der Waals surface area contributed by atoms with E-state index in [0.717, 1.165) is 6.42 Å². The fourth-order valence-electron chi connectivity index (χ4n) is 1.92. The van der Waals surface area contributed by atoms with Crippen LogP contribution in [-0.2, 0) is 0 Å². The molecule has 0 amide bonds. The van der Waals surface area contributed by atoms with Crippen molar-refractivity contribution < 1.29 is 9.53 Å². The van der Waals surface area contributed by atoms with Crippen LogP contribution in [0.15, 0.2) is 24.3 Å². The maximum atomic E-state index is 11.8. The molecule has 0 bridgehead atoms.